The first-order chi connectivity index (χ1) is 15.5. The van der Waals surface area contributed by atoms with Gasteiger partial charge in [0, 0.05) is 31.9 Å². The summed E-state index contributed by atoms with van der Waals surface area (Å²) in [5.41, 5.74) is 4.49. The highest BCUT2D eigenvalue weighted by molar-refractivity contribution is 6.04. The van der Waals surface area contributed by atoms with Gasteiger partial charge in [-0.1, -0.05) is 38.1 Å². The van der Waals surface area contributed by atoms with Crippen molar-refractivity contribution in [3.63, 3.8) is 0 Å². The van der Waals surface area contributed by atoms with E-state index < -0.39 is 0 Å². The van der Waals surface area contributed by atoms with Crippen LogP contribution < -0.4 is 15.1 Å². The maximum atomic E-state index is 12.6. The monoisotopic (exact) mass is 431 g/mol. The first-order valence-corrected chi connectivity index (χ1v) is 11.3. The highest BCUT2D eigenvalue weighted by Crippen LogP contribution is 2.37. The van der Waals surface area contributed by atoms with Crippen molar-refractivity contribution in [3.05, 3.63) is 59.5 Å². The van der Waals surface area contributed by atoms with Gasteiger partial charge in [-0.2, -0.15) is 10.1 Å². The molecule has 1 saturated heterocycles. The summed E-state index contributed by atoms with van der Waals surface area (Å²) in [7, 11) is 1.80. The molecule has 0 unspecified atom stereocenters. The fourth-order valence-electron chi connectivity index (χ4n) is 4.70. The molecule has 1 atom stereocenters. The molecule has 0 bridgehead atoms. The number of carbonyl (C=O) groups excluding carboxylic acids is 1. The lowest BCUT2D eigenvalue weighted by Crippen LogP contribution is -2.49. The van der Waals surface area contributed by atoms with Crippen molar-refractivity contribution in [2.45, 2.75) is 51.7 Å². The maximum absolute atomic E-state index is 12.6. The molecular formula is C24H29N7O. The summed E-state index contributed by atoms with van der Waals surface area (Å²) in [6, 6.07) is 8.44. The van der Waals surface area contributed by atoms with Gasteiger partial charge in [0.1, 0.15) is 11.7 Å². The molecule has 0 radical (unpaired) electrons. The van der Waals surface area contributed by atoms with Crippen LogP contribution in [0.3, 0.4) is 0 Å². The molecule has 2 aromatic heterocycles. The Morgan fingerprint density at radius 2 is 2.06 bits per heavy atom. The first-order valence-electron chi connectivity index (χ1n) is 11.3. The zero-order valence-electron chi connectivity index (χ0n) is 18.8. The maximum Gasteiger partial charge on any atom is 0.249 e. The van der Waals surface area contributed by atoms with Gasteiger partial charge in [-0.15, -0.1) is 0 Å². The zero-order valence-corrected chi connectivity index (χ0v) is 18.8. The number of carbonyl (C=O) groups is 1. The van der Waals surface area contributed by atoms with Gasteiger partial charge in [0.2, 0.25) is 11.9 Å². The number of likely N-dealkylation sites (N-methyl/N-ethyl adjacent to an activating group) is 1. The number of rotatable bonds is 6. The van der Waals surface area contributed by atoms with Crippen molar-refractivity contribution in [2.24, 2.45) is 0 Å². The number of hydrogen-bond acceptors (Lipinski definition) is 6. The molecule has 8 heteroatoms. The molecule has 0 saturated carbocycles. The smallest absolute Gasteiger partial charge is 0.249 e. The highest BCUT2D eigenvalue weighted by atomic mass is 16.2. The largest absolute Gasteiger partial charge is 0.350 e. The third-order valence-corrected chi connectivity index (χ3v) is 6.40. The van der Waals surface area contributed by atoms with Crippen LogP contribution >= 0.6 is 0 Å². The topological polar surface area (TPSA) is 79.2 Å². The van der Waals surface area contributed by atoms with E-state index in [-0.39, 0.29) is 11.9 Å². The lowest BCUT2D eigenvalue weighted by Gasteiger charge is -2.36. The van der Waals surface area contributed by atoms with E-state index in [1.807, 2.05) is 10.9 Å². The molecule has 2 aliphatic rings. The van der Waals surface area contributed by atoms with Gasteiger partial charge in [0.25, 0.3) is 0 Å². The van der Waals surface area contributed by atoms with Crippen LogP contribution in [0.4, 0.5) is 17.5 Å². The van der Waals surface area contributed by atoms with Crippen molar-refractivity contribution in [3.8, 4) is 0 Å². The van der Waals surface area contributed by atoms with E-state index in [9.17, 15) is 4.79 Å². The lowest BCUT2D eigenvalue weighted by atomic mass is 9.97. The number of nitrogens with one attached hydrogen (secondary N) is 1. The molecule has 8 nitrogen and oxygen atoms in total. The van der Waals surface area contributed by atoms with Crippen molar-refractivity contribution in [1.82, 2.24) is 19.7 Å². The summed E-state index contributed by atoms with van der Waals surface area (Å²) >= 11 is 0. The van der Waals surface area contributed by atoms with Crippen molar-refractivity contribution < 1.29 is 4.79 Å². The van der Waals surface area contributed by atoms with E-state index >= 15 is 0 Å². The predicted molar refractivity (Wildman–Crippen MR) is 125 cm³/mol. The molecule has 0 aliphatic carbocycles. The molecule has 1 amide bonds. The van der Waals surface area contributed by atoms with Crippen LogP contribution in [0.5, 0.6) is 0 Å². The number of hydrogen-bond donors (Lipinski definition) is 1. The minimum Gasteiger partial charge on any atom is -0.350 e. The molecule has 1 aromatic carbocycles. The Balaban J connectivity index is 1.28. The molecular weight excluding hydrogens is 402 g/mol. The van der Waals surface area contributed by atoms with Crippen molar-refractivity contribution in [1.29, 1.82) is 0 Å². The number of amides is 1. The van der Waals surface area contributed by atoms with E-state index in [0.29, 0.717) is 18.4 Å². The van der Waals surface area contributed by atoms with Crippen molar-refractivity contribution >= 4 is 23.4 Å². The molecule has 3 aromatic rings. The average Bonchev–Trinajstić information content (AvgIpc) is 3.46. The SMILES string of the molecule is CC(C)c1ccccc1Cn1cc(CNc2ncc3c(n2)N2CCC[C@H]2C(=O)N3C)cn1. The highest BCUT2D eigenvalue weighted by Gasteiger charge is 2.40. The fraction of sp³-hybridized carbons (Fsp3) is 0.417. The minimum absolute atomic E-state index is 0.0952. The third kappa shape index (κ3) is 3.70. The number of anilines is 3. The lowest BCUT2D eigenvalue weighted by molar-refractivity contribution is -0.119. The summed E-state index contributed by atoms with van der Waals surface area (Å²) in [6.07, 6.45) is 7.57. The van der Waals surface area contributed by atoms with Gasteiger partial charge in [0.15, 0.2) is 5.82 Å². The van der Waals surface area contributed by atoms with Crippen LogP contribution in [-0.4, -0.2) is 45.3 Å². The Bertz CT molecular complexity index is 1140. The number of aromatic nitrogens is 4. The van der Waals surface area contributed by atoms with E-state index in [1.165, 1.54) is 11.1 Å². The molecule has 0 spiro atoms. The second kappa shape index (κ2) is 8.26. The Labute approximate surface area is 188 Å². The zero-order chi connectivity index (χ0) is 22.2. The summed E-state index contributed by atoms with van der Waals surface area (Å²) in [5, 5.41) is 7.86. The molecule has 166 valence electrons. The second-order valence-electron chi connectivity index (χ2n) is 8.90. The quantitative estimate of drug-likeness (QED) is 0.644. The Hall–Kier alpha value is -3.42. The Kier molecular flexibility index (Phi) is 5.28. The first kappa shape index (κ1) is 20.5. The van der Waals surface area contributed by atoms with Gasteiger partial charge >= 0.3 is 0 Å². The normalized spacial score (nSPS) is 17.6. The standard InChI is InChI=1S/C24H29N7O/c1-16(2)19-8-5-4-7-18(19)15-30-14-17(12-27-30)11-25-24-26-13-21-22(28-24)31-10-6-9-20(31)23(32)29(21)3/h4-5,7-8,12-14,16,20H,6,9-11,15H2,1-3H3,(H,25,26,28)/t20-/m0/s1. The van der Waals surface area contributed by atoms with E-state index in [0.717, 1.165) is 43.0 Å². The van der Waals surface area contributed by atoms with E-state index in [2.05, 4.69) is 64.6 Å². The minimum atomic E-state index is -0.0952. The van der Waals surface area contributed by atoms with Gasteiger partial charge in [0.05, 0.1) is 18.9 Å². The molecule has 1 fully saturated rings. The van der Waals surface area contributed by atoms with E-state index in [1.54, 1.807) is 18.1 Å². The Morgan fingerprint density at radius 3 is 2.91 bits per heavy atom. The fourth-order valence-corrected chi connectivity index (χ4v) is 4.70. The molecule has 5 rings (SSSR count). The molecule has 1 N–H and O–H groups in total. The van der Waals surface area contributed by atoms with Gasteiger partial charge in [-0.3, -0.25) is 9.48 Å². The van der Waals surface area contributed by atoms with Gasteiger partial charge in [-0.05, 0) is 29.9 Å². The molecule has 4 heterocycles. The number of nitrogens with zero attached hydrogens (tertiary/aromatic N) is 6. The Morgan fingerprint density at radius 1 is 1.22 bits per heavy atom. The summed E-state index contributed by atoms with van der Waals surface area (Å²) in [4.78, 5) is 25.6. The second-order valence-corrected chi connectivity index (χ2v) is 8.90. The number of fused-ring (bicyclic) bond motifs is 3. The van der Waals surface area contributed by atoms with Crippen LogP contribution in [0.1, 0.15) is 49.3 Å². The summed E-state index contributed by atoms with van der Waals surface area (Å²) < 4.78 is 1.97. The van der Waals surface area contributed by atoms with Gasteiger partial charge in [-0.25, -0.2) is 4.98 Å². The average molecular weight is 432 g/mol. The van der Waals surface area contributed by atoms with Crippen LogP contribution in [-0.2, 0) is 17.9 Å². The molecule has 2 aliphatic heterocycles. The van der Waals surface area contributed by atoms with Crippen LogP contribution in [0.15, 0.2) is 42.9 Å². The molecule has 32 heavy (non-hydrogen) atoms. The van der Waals surface area contributed by atoms with Crippen molar-refractivity contribution in [2.75, 3.05) is 28.7 Å². The summed E-state index contributed by atoms with van der Waals surface area (Å²) in [5.74, 6) is 2.02. The van der Waals surface area contributed by atoms with Crippen LogP contribution in [0, 0.1) is 0 Å². The van der Waals surface area contributed by atoms with Crippen LogP contribution in [0.25, 0.3) is 0 Å². The van der Waals surface area contributed by atoms with Gasteiger partial charge < -0.3 is 15.1 Å². The predicted octanol–water partition coefficient (Wildman–Crippen LogP) is 3.40. The third-order valence-electron chi connectivity index (χ3n) is 6.40. The number of benzene rings is 1. The van der Waals surface area contributed by atoms with Crippen LogP contribution in [0.2, 0.25) is 0 Å². The van der Waals surface area contributed by atoms with E-state index in [4.69, 9.17) is 4.98 Å². The summed E-state index contributed by atoms with van der Waals surface area (Å²) in [6.45, 7) is 6.63.